The van der Waals surface area contributed by atoms with Gasteiger partial charge in [0.05, 0.1) is 17.9 Å². The van der Waals surface area contributed by atoms with Crippen molar-refractivity contribution in [2.24, 2.45) is 5.92 Å². The second-order valence-electron chi connectivity index (χ2n) is 7.86. The number of rotatable bonds is 5. The van der Waals surface area contributed by atoms with E-state index in [0.717, 1.165) is 22.5 Å². The van der Waals surface area contributed by atoms with Gasteiger partial charge in [0.25, 0.3) is 0 Å². The Labute approximate surface area is 173 Å². The molecule has 1 unspecified atom stereocenters. The van der Waals surface area contributed by atoms with E-state index in [2.05, 4.69) is 20.7 Å². The molecule has 10 nitrogen and oxygen atoms in total. The van der Waals surface area contributed by atoms with Gasteiger partial charge in [-0.25, -0.2) is 9.48 Å². The fraction of sp³-hybridized carbons (Fsp3) is 0.550. The van der Waals surface area contributed by atoms with Crippen LogP contribution in [-0.4, -0.2) is 30.6 Å². The molecule has 1 atom stereocenters. The molecule has 4 heterocycles. The molecule has 3 aromatic heterocycles. The first-order valence-corrected chi connectivity index (χ1v) is 10.1. The largest absolute Gasteiger partial charge is 0.361 e. The molecule has 30 heavy (non-hydrogen) atoms. The van der Waals surface area contributed by atoms with Crippen LogP contribution in [0, 0.1) is 33.6 Å². The zero-order valence-corrected chi connectivity index (χ0v) is 17.7. The third-order valence-electron chi connectivity index (χ3n) is 5.90. The number of hydrogen-bond donors (Lipinski definition) is 1. The molecule has 1 N–H and O–H groups in total. The number of amides is 1. The van der Waals surface area contributed by atoms with Crippen molar-refractivity contribution in [3.05, 3.63) is 50.3 Å². The minimum atomic E-state index is -0.165. The van der Waals surface area contributed by atoms with Crippen LogP contribution in [0.3, 0.4) is 0 Å². The lowest BCUT2D eigenvalue weighted by Gasteiger charge is -2.14. The van der Waals surface area contributed by atoms with Crippen molar-refractivity contribution in [1.29, 1.82) is 0 Å². The highest BCUT2D eigenvalue weighted by Gasteiger charge is 2.26. The summed E-state index contributed by atoms with van der Waals surface area (Å²) < 4.78 is 13.5. The fourth-order valence-corrected chi connectivity index (χ4v) is 3.94. The van der Waals surface area contributed by atoms with Crippen molar-refractivity contribution in [1.82, 2.24) is 30.0 Å². The number of aryl methyl sites for hydroxylation is 5. The summed E-state index contributed by atoms with van der Waals surface area (Å²) in [7, 11) is 0. The van der Waals surface area contributed by atoms with Crippen molar-refractivity contribution >= 4 is 5.91 Å². The number of hydrogen-bond acceptors (Lipinski definition) is 7. The summed E-state index contributed by atoms with van der Waals surface area (Å²) in [6, 6.07) is 0. The molecule has 10 heteroatoms. The molecule has 0 saturated carbocycles. The van der Waals surface area contributed by atoms with Gasteiger partial charge in [-0.2, -0.15) is 5.10 Å². The number of fused-ring (bicyclic) bond motifs is 1. The Hall–Kier alpha value is -3.17. The molecule has 3 aromatic rings. The first-order chi connectivity index (χ1) is 14.3. The quantitative estimate of drug-likeness (QED) is 0.673. The number of aromatic nitrogens is 5. The predicted octanol–water partition coefficient (Wildman–Crippen LogP) is 1.57. The van der Waals surface area contributed by atoms with Crippen LogP contribution in [0.4, 0.5) is 0 Å². The summed E-state index contributed by atoms with van der Waals surface area (Å²) in [5, 5.41) is 15.3. The summed E-state index contributed by atoms with van der Waals surface area (Å²) >= 11 is 0. The summed E-state index contributed by atoms with van der Waals surface area (Å²) in [4.78, 5) is 25.5. The highest BCUT2D eigenvalue weighted by Crippen LogP contribution is 2.20. The normalized spacial score (nSPS) is 16.3. The molecule has 4 rings (SSSR count). The van der Waals surface area contributed by atoms with Crippen LogP contribution in [0.25, 0.3) is 0 Å². The summed E-state index contributed by atoms with van der Waals surface area (Å²) in [5.41, 5.74) is 3.17. The summed E-state index contributed by atoms with van der Waals surface area (Å²) in [6.07, 6.45) is 1.82. The molecular formula is C20H26N6O4. The maximum atomic E-state index is 12.8. The molecule has 0 aliphatic carbocycles. The fourth-order valence-electron chi connectivity index (χ4n) is 3.94. The van der Waals surface area contributed by atoms with Gasteiger partial charge in [0, 0.05) is 36.6 Å². The number of carbonyl (C=O) groups is 1. The zero-order valence-electron chi connectivity index (χ0n) is 17.7. The molecule has 0 aromatic carbocycles. The third kappa shape index (κ3) is 3.69. The van der Waals surface area contributed by atoms with Gasteiger partial charge >= 0.3 is 5.69 Å². The predicted molar refractivity (Wildman–Crippen MR) is 106 cm³/mol. The average Bonchev–Trinajstić information content (AvgIpc) is 3.24. The maximum absolute atomic E-state index is 12.8. The van der Waals surface area contributed by atoms with Crippen LogP contribution in [-0.2, 0) is 30.8 Å². The van der Waals surface area contributed by atoms with Gasteiger partial charge in [-0.05, 0) is 40.5 Å². The lowest BCUT2D eigenvalue weighted by molar-refractivity contribution is -0.125. The minimum absolute atomic E-state index is 0.0169. The van der Waals surface area contributed by atoms with Crippen molar-refractivity contribution in [3.8, 4) is 0 Å². The Balaban J connectivity index is 1.42. The third-order valence-corrected chi connectivity index (χ3v) is 5.90. The van der Waals surface area contributed by atoms with E-state index < -0.39 is 0 Å². The van der Waals surface area contributed by atoms with Crippen molar-refractivity contribution in [3.63, 3.8) is 0 Å². The molecule has 1 amide bonds. The minimum Gasteiger partial charge on any atom is -0.361 e. The number of nitrogens with one attached hydrogen (secondary N) is 1. The Morgan fingerprint density at radius 3 is 2.37 bits per heavy atom. The van der Waals surface area contributed by atoms with Gasteiger partial charge in [-0.15, -0.1) is 0 Å². The smallest absolute Gasteiger partial charge is 0.346 e. The van der Waals surface area contributed by atoms with E-state index in [1.807, 2.05) is 27.7 Å². The molecule has 1 aliphatic rings. The summed E-state index contributed by atoms with van der Waals surface area (Å²) in [6.45, 7) is 8.57. The standard InChI is InChI=1S/C20H26N6O4/c1-11-16(13(3)29-23-11)9-21-19(27)15-5-6-18-22-26(20(28)25(18)8-7-15)10-17-12(2)24-30-14(17)4/h15H,5-10H2,1-4H3,(H,21,27). The van der Waals surface area contributed by atoms with Crippen LogP contribution in [0.1, 0.15) is 52.7 Å². The van der Waals surface area contributed by atoms with Crippen LogP contribution in [0.2, 0.25) is 0 Å². The van der Waals surface area contributed by atoms with Crippen LogP contribution in [0.5, 0.6) is 0 Å². The summed E-state index contributed by atoms with van der Waals surface area (Å²) in [5.74, 6) is 1.94. The van der Waals surface area contributed by atoms with Gasteiger partial charge in [0.2, 0.25) is 5.91 Å². The first-order valence-electron chi connectivity index (χ1n) is 10.1. The van der Waals surface area contributed by atoms with Crippen LogP contribution in [0.15, 0.2) is 13.8 Å². The molecule has 0 spiro atoms. The van der Waals surface area contributed by atoms with Gasteiger partial charge < -0.3 is 14.4 Å². The monoisotopic (exact) mass is 414 g/mol. The van der Waals surface area contributed by atoms with Crippen molar-refractivity contribution in [2.75, 3.05) is 0 Å². The van der Waals surface area contributed by atoms with Gasteiger partial charge in [-0.1, -0.05) is 10.3 Å². The number of carbonyl (C=O) groups excluding carboxylic acids is 1. The molecular weight excluding hydrogens is 388 g/mol. The van der Waals surface area contributed by atoms with Gasteiger partial charge in [0.15, 0.2) is 0 Å². The maximum Gasteiger partial charge on any atom is 0.346 e. The Bertz CT molecular complexity index is 1100. The average molecular weight is 414 g/mol. The van der Waals surface area contributed by atoms with E-state index in [9.17, 15) is 9.59 Å². The topological polar surface area (TPSA) is 121 Å². The second kappa shape index (κ2) is 7.92. The lowest BCUT2D eigenvalue weighted by Crippen LogP contribution is -2.32. The molecule has 160 valence electrons. The van der Waals surface area contributed by atoms with Gasteiger partial charge in [0.1, 0.15) is 17.3 Å². The molecule has 0 bridgehead atoms. The molecule has 0 saturated heterocycles. The Kier molecular flexibility index (Phi) is 5.31. The molecule has 0 fully saturated rings. The SMILES string of the molecule is Cc1noc(C)c1CNC(=O)C1CCc2nn(Cc3c(C)noc3C)c(=O)n2CC1. The Morgan fingerprint density at radius 1 is 1.07 bits per heavy atom. The second-order valence-corrected chi connectivity index (χ2v) is 7.86. The highest BCUT2D eigenvalue weighted by atomic mass is 16.5. The first kappa shape index (κ1) is 20.1. The Morgan fingerprint density at radius 2 is 1.73 bits per heavy atom. The molecule has 0 radical (unpaired) electrons. The van der Waals surface area contributed by atoms with E-state index in [4.69, 9.17) is 9.05 Å². The zero-order chi connectivity index (χ0) is 21.4. The highest BCUT2D eigenvalue weighted by molar-refractivity contribution is 5.78. The van der Waals surface area contributed by atoms with Crippen LogP contribution < -0.4 is 11.0 Å². The van der Waals surface area contributed by atoms with Crippen molar-refractivity contribution in [2.45, 2.75) is 66.6 Å². The van der Waals surface area contributed by atoms with Gasteiger partial charge in [-0.3, -0.25) is 9.36 Å². The van der Waals surface area contributed by atoms with E-state index in [-0.39, 0.29) is 17.5 Å². The molecule has 1 aliphatic heterocycles. The van der Waals surface area contributed by atoms with E-state index in [0.29, 0.717) is 56.2 Å². The van der Waals surface area contributed by atoms with Crippen LogP contribution >= 0.6 is 0 Å². The van der Waals surface area contributed by atoms with Crippen molar-refractivity contribution < 1.29 is 13.8 Å². The number of nitrogens with zero attached hydrogens (tertiary/aromatic N) is 5. The lowest BCUT2D eigenvalue weighted by atomic mass is 9.99. The van der Waals surface area contributed by atoms with E-state index in [1.165, 1.54) is 4.68 Å². The van der Waals surface area contributed by atoms with E-state index in [1.54, 1.807) is 4.57 Å². The van der Waals surface area contributed by atoms with E-state index >= 15 is 0 Å².